The summed E-state index contributed by atoms with van der Waals surface area (Å²) in [6, 6.07) is 14.4. The Hall–Kier alpha value is -4.58. The molecular formula is C29H23F3N4O4S. The molecule has 210 valence electrons. The maximum absolute atomic E-state index is 13.4. The number of alkyl halides is 3. The molecule has 0 saturated carbocycles. The lowest BCUT2D eigenvalue weighted by Crippen LogP contribution is -2.38. The number of hydrogen-bond donors (Lipinski definition) is 2. The summed E-state index contributed by atoms with van der Waals surface area (Å²) in [6.45, 7) is 0.893. The maximum atomic E-state index is 13.4. The third kappa shape index (κ3) is 6.12. The van der Waals surface area contributed by atoms with E-state index in [0.29, 0.717) is 42.6 Å². The van der Waals surface area contributed by atoms with Crippen molar-refractivity contribution in [2.24, 2.45) is 0 Å². The summed E-state index contributed by atoms with van der Waals surface area (Å²) in [6.07, 6.45) is -1.83. The van der Waals surface area contributed by atoms with Crippen LogP contribution in [-0.4, -0.2) is 50.8 Å². The number of pyridine rings is 1. The second kappa shape index (κ2) is 11.5. The third-order valence-electron chi connectivity index (χ3n) is 6.84. The lowest BCUT2D eigenvalue weighted by molar-refractivity contribution is -0.137. The Labute approximate surface area is 236 Å². The van der Waals surface area contributed by atoms with E-state index in [-0.39, 0.29) is 28.9 Å². The zero-order valence-electron chi connectivity index (χ0n) is 21.4. The maximum Gasteiger partial charge on any atom is 0.416 e. The number of rotatable bonds is 6. The molecule has 0 bridgehead atoms. The van der Waals surface area contributed by atoms with Gasteiger partial charge in [-0.1, -0.05) is 30.3 Å². The van der Waals surface area contributed by atoms with Gasteiger partial charge < -0.3 is 15.3 Å². The number of halogens is 3. The minimum Gasteiger partial charge on any atom is -0.478 e. The minimum atomic E-state index is -4.44. The van der Waals surface area contributed by atoms with E-state index < -0.39 is 23.6 Å². The number of aromatic carboxylic acids is 1. The van der Waals surface area contributed by atoms with Crippen LogP contribution in [0.15, 0.2) is 72.2 Å². The van der Waals surface area contributed by atoms with E-state index in [9.17, 15) is 32.7 Å². The van der Waals surface area contributed by atoms with Gasteiger partial charge in [-0.2, -0.15) is 13.2 Å². The molecule has 0 atom stereocenters. The first kappa shape index (κ1) is 28.0. The van der Waals surface area contributed by atoms with E-state index in [4.69, 9.17) is 0 Å². The van der Waals surface area contributed by atoms with Crippen LogP contribution in [0.4, 0.5) is 19.0 Å². The predicted octanol–water partition coefficient (Wildman–Crippen LogP) is 6.19. The number of carbonyl (C=O) groups excluding carboxylic acids is 2. The third-order valence-corrected chi connectivity index (χ3v) is 7.84. The van der Waals surface area contributed by atoms with Gasteiger partial charge in [-0.15, -0.1) is 11.3 Å². The van der Waals surface area contributed by atoms with Gasteiger partial charge in [0, 0.05) is 36.1 Å². The lowest BCUT2D eigenvalue weighted by Gasteiger charge is -2.31. The number of carbonyl (C=O) groups is 3. The zero-order valence-corrected chi connectivity index (χ0v) is 22.2. The highest BCUT2D eigenvalue weighted by molar-refractivity contribution is 7.10. The standard InChI is InChI=1S/C29H23F3N4O4S/c30-29(31,32)19-9-7-17(8-10-19)20-4-1-2-5-21(20)27(38)36-14-11-18(12-15-36)26-34-23(16-41-26)25(37)35-24-22(28(39)40)6-3-13-33-24/h1-10,13,16,18H,11-12,14-15H2,(H,39,40)(H,33,35,37). The second-order valence-electron chi connectivity index (χ2n) is 9.42. The van der Waals surface area contributed by atoms with Crippen LogP contribution in [0.5, 0.6) is 0 Å². The van der Waals surface area contributed by atoms with Crippen LogP contribution in [0.25, 0.3) is 11.1 Å². The van der Waals surface area contributed by atoms with Gasteiger partial charge in [0.25, 0.3) is 11.8 Å². The molecule has 1 saturated heterocycles. The van der Waals surface area contributed by atoms with Crippen LogP contribution < -0.4 is 5.32 Å². The fourth-order valence-corrected chi connectivity index (χ4v) is 5.66. The molecule has 2 aromatic carbocycles. The highest BCUT2D eigenvalue weighted by Crippen LogP contribution is 2.34. The Morgan fingerprint density at radius 1 is 0.951 bits per heavy atom. The number of amides is 2. The van der Waals surface area contributed by atoms with Crippen molar-refractivity contribution in [3.63, 3.8) is 0 Å². The number of piperidine rings is 1. The first-order valence-electron chi connectivity index (χ1n) is 12.6. The smallest absolute Gasteiger partial charge is 0.416 e. The molecule has 12 heteroatoms. The van der Waals surface area contributed by atoms with Crippen LogP contribution >= 0.6 is 11.3 Å². The van der Waals surface area contributed by atoms with Crippen molar-refractivity contribution in [1.82, 2.24) is 14.9 Å². The monoisotopic (exact) mass is 580 g/mol. The van der Waals surface area contributed by atoms with Gasteiger partial charge in [-0.3, -0.25) is 9.59 Å². The topological polar surface area (TPSA) is 112 Å². The average Bonchev–Trinajstić information content (AvgIpc) is 3.47. The molecule has 8 nitrogen and oxygen atoms in total. The molecule has 2 aromatic heterocycles. The number of thiazole rings is 1. The van der Waals surface area contributed by atoms with Crippen LogP contribution in [0.2, 0.25) is 0 Å². The minimum absolute atomic E-state index is 0.0280. The van der Waals surface area contributed by atoms with Crippen molar-refractivity contribution in [3.8, 4) is 11.1 Å². The first-order chi connectivity index (χ1) is 19.6. The molecule has 0 aliphatic carbocycles. The largest absolute Gasteiger partial charge is 0.478 e. The van der Waals surface area contributed by atoms with Gasteiger partial charge in [0.1, 0.15) is 17.1 Å². The lowest BCUT2D eigenvalue weighted by atomic mass is 9.94. The van der Waals surface area contributed by atoms with Crippen LogP contribution in [0, 0.1) is 0 Å². The number of nitrogens with zero attached hydrogens (tertiary/aromatic N) is 3. The fourth-order valence-electron chi connectivity index (χ4n) is 4.69. The fraction of sp³-hybridized carbons (Fsp3) is 0.207. The van der Waals surface area contributed by atoms with Crippen molar-refractivity contribution in [1.29, 1.82) is 0 Å². The molecule has 0 spiro atoms. The SMILES string of the molecule is O=C(Nc1ncccc1C(=O)O)c1csc(C2CCN(C(=O)c3ccccc3-c3ccc(C(F)(F)F)cc3)CC2)n1. The summed E-state index contributed by atoms with van der Waals surface area (Å²) in [7, 11) is 0. The van der Waals surface area contributed by atoms with Gasteiger partial charge in [-0.25, -0.2) is 14.8 Å². The number of anilines is 1. The number of nitrogens with one attached hydrogen (secondary N) is 1. The average molecular weight is 581 g/mol. The van der Waals surface area contributed by atoms with Crippen molar-refractivity contribution in [2.75, 3.05) is 18.4 Å². The van der Waals surface area contributed by atoms with Crippen molar-refractivity contribution in [3.05, 3.63) is 99.6 Å². The summed E-state index contributed by atoms with van der Waals surface area (Å²) < 4.78 is 39.0. The normalized spacial score (nSPS) is 14.1. The van der Waals surface area contributed by atoms with Crippen molar-refractivity contribution >= 4 is 34.9 Å². The van der Waals surface area contributed by atoms with Gasteiger partial charge in [0.15, 0.2) is 0 Å². The zero-order chi connectivity index (χ0) is 29.1. The van der Waals surface area contributed by atoms with Crippen LogP contribution in [0.3, 0.4) is 0 Å². The van der Waals surface area contributed by atoms with Gasteiger partial charge in [0.2, 0.25) is 0 Å². The van der Waals surface area contributed by atoms with E-state index in [0.717, 1.165) is 17.1 Å². The molecule has 1 fully saturated rings. The summed E-state index contributed by atoms with van der Waals surface area (Å²) in [4.78, 5) is 47.6. The quantitative estimate of drug-likeness (QED) is 0.281. The molecule has 5 rings (SSSR count). The summed E-state index contributed by atoms with van der Waals surface area (Å²) in [5.74, 6) is -2.03. The number of carboxylic acid groups (broad SMARTS) is 1. The second-order valence-corrected chi connectivity index (χ2v) is 10.3. The van der Waals surface area contributed by atoms with E-state index in [2.05, 4.69) is 15.3 Å². The van der Waals surface area contributed by atoms with Gasteiger partial charge in [0.05, 0.1) is 10.6 Å². The number of benzene rings is 2. The number of aromatic nitrogens is 2. The molecule has 3 heterocycles. The molecule has 4 aromatic rings. The van der Waals surface area contributed by atoms with Crippen molar-refractivity contribution in [2.45, 2.75) is 24.9 Å². The molecule has 2 amide bonds. The number of likely N-dealkylation sites (tertiary alicyclic amines) is 1. The Morgan fingerprint density at radius 3 is 2.32 bits per heavy atom. The molecule has 1 aliphatic rings. The van der Waals surface area contributed by atoms with E-state index in [1.54, 1.807) is 34.5 Å². The van der Waals surface area contributed by atoms with Crippen molar-refractivity contribution < 1.29 is 32.7 Å². The highest BCUT2D eigenvalue weighted by atomic mass is 32.1. The van der Waals surface area contributed by atoms with Gasteiger partial charge >= 0.3 is 12.1 Å². The number of carboxylic acids is 1. The van der Waals surface area contributed by atoms with E-state index in [1.165, 1.54) is 41.8 Å². The Bertz CT molecular complexity index is 1600. The summed E-state index contributed by atoms with van der Waals surface area (Å²) >= 11 is 1.32. The Morgan fingerprint density at radius 2 is 1.63 bits per heavy atom. The van der Waals surface area contributed by atoms with Gasteiger partial charge in [-0.05, 0) is 54.3 Å². The van der Waals surface area contributed by atoms with E-state index in [1.807, 2.05) is 0 Å². The molecule has 0 radical (unpaired) electrons. The molecule has 41 heavy (non-hydrogen) atoms. The Kier molecular flexibility index (Phi) is 7.84. The Balaban J connectivity index is 1.24. The van der Waals surface area contributed by atoms with Crippen LogP contribution in [0.1, 0.15) is 60.5 Å². The molecule has 2 N–H and O–H groups in total. The summed E-state index contributed by atoms with van der Waals surface area (Å²) in [5.41, 5.74) is 0.754. The molecule has 0 unspecified atom stereocenters. The first-order valence-corrected chi connectivity index (χ1v) is 13.5. The molecular weight excluding hydrogens is 557 g/mol. The molecule has 1 aliphatic heterocycles. The van der Waals surface area contributed by atoms with Crippen LogP contribution in [-0.2, 0) is 6.18 Å². The number of hydrogen-bond acceptors (Lipinski definition) is 6. The summed E-state index contributed by atoms with van der Waals surface area (Å²) in [5, 5.41) is 14.1. The highest BCUT2D eigenvalue weighted by Gasteiger charge is 2.31. The predicted molar refractivity (Wildman–Crippen MR) is 146 cm³/mol. The van der Waals surface area contributed by atoms with E-state index >= 15 is 0 Å².